The Morgan fingerprint density at radius 2 is 2.07 bits per heavy atom. The van der Waals surface area contributed by atoms with Crippen LogP contribution in [0.25, 0.3) is 0 Å². The van der Waals surface area contributed by atoms with Gasteiger partial charge in [-0.25, -0.2) is 4.68 Å². The fraction of sp³-hybridized carbons (Fsp3) is 0.611. The van der Waals surface area contributed by atoms with E-state index < -0.39 is 0 Å². The van der Waals surface area contributed by atoms with Crippen molar-refractivity contribution in [3.63, 3.8) is 0 Å². The Balaban J connectivity index is 1.59. The van der Waals surface area contributed by atoms with E-state index in [4.69, 9.17) is 0 Å². The molecule has 9 heteroatoms. The van der Waals surface area contributed by atoms with Crippen LogP contribution in [0, 0.1) is 0 Å². The Morgan fingerprint density at radius 1 is 1.33 bits per heavy atom. The van der Waals surface area contributed by atoms with Crippen LogP contribution in [0.3, 0.4) is 0 Å². The second-order valence-electron chi connectivity index (χ2n) is 7.25. The van der Waals surface area contributed by atoms with E-state index in [0.29, 0.717) is 24.3 Å². The Labute approximate surface area is 158 Å². The van der Waals surface area contributed by atoms with Crippen LogP contribution in [-0.4, -0.2) is 61.0 Å². The molecule has 27 heavy (non-hydrogen) atoms. The van der Waals surface area contributed by atoms with Crippen molar-refractivity contribution in [1.29, 1.82) is 0 Å². The van der Waals surface area contributed by atoms with Gasteiger partial charge in [-0.1, -0.05) is 18.6 Å². The zero-order chi connectivity index (χ0) is 19.4. The predicted molar refractivity (Wildman–Crippen MR) is 99.4 cm³/mol. The minimum atomic E-state index is -0.215. The number of H-pyrrole nitrogens is 1. The van der Waals surface area contributed by atoms with Crippen LogP contribution in [0.1, 0.15) is 72.6 Å². The van der Waals surface area contributed by atoms with Gasteiger partial charge < -0.3 is 10.2 Å². The molecule has 0 spiro atoms. The highest BCUT2D eigenvalue weighted by Crippen LogP contribution is 2.23. The second-order valence-corrected chi connectivity index (χ2v) is 7.25. The van der Waals surface area contributed by atoms with E-state index in [1.165, 1.54) is 0 Å². The van der Waals surface area contributed by atoms with Gasteiger partial charge in [-0.15, -0.1) is 5.10 Å². The van der Waals surface area contributed by atoms with Crippen molar-refractivity contribution < 1.29 is 9.59 Å². The number of rotatable bonds is 6. The summed E-state index contributed by atoms with van der Waals surface area (Å²) in [6.45, 7) is 7.18. The lowest BCUT2D eigenvalue weighted by Gasteiger charge is -2.31. The number of nitrogens with zero attached hydrogens (tertiary/aromatic N) is 5. The van der Waals surface area contributed by atoms with Gasteiger partial charge in [0, 0.05) is 24.8 Å². The predicted octanol–water partition coefficient (Wildman–Crippen LogP) is 1.57. The second kappa shape index (κ2) is 8.32. The molecule has 1 fully saturated rings. The number of hydrogen-bond acceptors (Lipinski definition) is 5. The van der Waals surface area contributed by atoms with Gasteiger partial charge in [0.1, 0.15) is 0 Å². The van der Waals surface area contributed by atoms with Gasteiger partial charge in [0.15, 0.2) is 5.69 Å². The van der Waals surface area contributed by atoms with Crippen LogP contribution in [0.5, 0.6) is 0 Å². The average Bonchev–Trinajstić information content (AvgIpc) is 3.31. The molecule has 3 rings (SSSR count). The molecule has 0 radical (unpaired) electrons. The lowest BCUT2D eigenvalue weighted by Crippen LogP contribution is -2.39. The number of nitrogens with one attached hydrogen (secondary N) is 2. The van der Waals surface area contributed by atoms with E-state index in [2.05, 4.69) is 32.7 Å². The van der Waals surface area contributed by atoms with Crippen LogP contribution in [0.4, 0.5) is 0 Å². The molecular weight excluding hydrogens is 346 g/mol. The van der Waals surface area contributed by atoms with Gasteiger partial charge in [0.05, 0.1) is 24.0 Å². The average molecular weight is 373 g/mol. The van der Waals surface area contributed by atoms with Crippen molar-refractivity contribution in [2.45, 2.75) is 58.5 Å². The standard InChI is InChI=1S/C18H27N7O2/c1-4-5-15-14(10-19-21-15)18(27)24-8-6-13(7-9-24)25-11-16(22-23-25)17(26)20-12(2)3/h10-13H,4-9H2,1-3H3,(H,19,21)(H,20,26). The lowest BCUT2D eigenvalue weighted by molar-refractivity contribution is 0.0688. The SMILES string of the molecule is CCCc1[nH]ncc1C(=O)N1CCC(n2cc(C(=O)NC(C)C)nn2)CC1. The largest absolute Gasteiger partial charge is 0.348 e. The summed E-state index contributed by atoms with van der Waals surface area (Å²) in [4.78, 5) is 26.7. The zero-order valence-electron chi connectivity index (χ0n) is 16.1. The summed E-state index contributed by atoms with van der Waals surface area (Å²) >= 11 is 0. The highest BCUT2D eigenvalue weighted by molar-refractivity contribution is 5.95. The van der Waals surface area contributed by atoms with E-state index in [0.717, 1.165) is 31.4 Å². The fourth-order valence-electron chi connectivity index (χ4n) is 3.34. The van der Waals surface area contributed by atoms with E-state index in [1.54, 1.807) is 17.1 Å². The Kier molecular flexibility index (Phi) is 5.88. The number of carbonyl (C=O) groups is 2. The van der Waals surface area contributed by atoms with Gasteiger partial charge in [-0.3, -0.25) is 14.7 Å². The Bertz CT molecular complexity index is 787. The number of amides is 2. The van der Waals surface area contributed by atoms with Gasteiger partial charge >= 0.3 is 0 Å². The summed E-state index contributed by atoms with van der Waals surface area (Å²) in [7, 11) is 0. The molecule has 0 bridgehead atoms. The maximum atomic E-state index is 12.8. The molecule has 1 saturated heterocycles. The van der Waals surface area contributed by atoms with E-state index >= 15 is 0 Å². The van der Waals surface area contributed by atoms with Gasteiger partial charge in [-0.05, 0) is 33.1 Å². The lowest BCUT2D eigenvalue weighted by atomic mass is 10.0. The van der Waals surface area contributed by atoms with Crippen LogP contribution in [-0.2, 0) is 6.42 Å². The normalized spacial score (nSPS) is 15.3. The van der Waals surface area contributed by atoms with E-state index in [9.17, 15) is 9.59 Å². The van der Waals surface area contributed by atoms with Gasteiger partial charge in [-0.2, -0.15) is 5.10 Å². The van der Waals surface area contributed by atoms with Crippen molar-refractivity contribution in [1.82, 2.24) is 35.4 Å². The topological polar surface area (TPSA) is 109 Å². The molecule has 2 aromatic heterocycles. The third-order valence-corrected chi connectivity index (χ3v) is 4.74. The molecule has 146 valence electrons. The van der Waals surface area contributed by atoms with Crippen molar-refractivity contribution in [2.24, 2.45) is 0 Å². The summed E-state index contributed by atoms with van der Waals surface area (Å²) in [6.07, 6.45) is 6.65. The summed E-state index contributed by atoms with van der Waals surface area (Å²) in [5.74, 6) is -0.187. The van der Waals surface area contributed by atoms with Crippen LogP contribution >= 0.6 is 0 Å². The number of aryl methyl sites for hydroxylation is 1. The Morgan fingerprint density at radius 3 is 2.74 bits per heavy atom. The molecular formula is C18H27N7O2. The monoisotopic (exact) mass is 373 g/mol. The molecule has 0 unspecified atom stereocenters. The number of hydrogen-bond donors (Lipinski definition) is 2. The van der Waals surface area contributed by atoms with E-state index in [-0.39, 0.29) is 23.9 Å². The third-order valence-electron chi connectivity index (χ3n) is 4.74. The summed E-state index contributed by atoms with van der Waals surface area (Å²) in [5.41, 5.74) is 1.90. The summed E-state index contributed by atoms with van der Waals surface area (Å²) in [5, 5.41) is 17.9. The first-order valence-corrected chi connectivity index (χ1v) is 9.53. The van der Waals surface area contributed by atoms with Crippen LogP contribution in [0.15, 0.2) is 12.4 Å². The molecule has 2 aromatic rings. The molecule has 3 heterocycles. The quantitative estimate of drug-likeness (QED) is 0.799. The molecule has 2 amide bonds. The van der Waals surface area contributed by atoms with Crippen LogP contribution in [0.2, 0.25) is 0 Å². The Hall–Kier alpha value is -2.71. The molecule has 0 aliphatic carbocycles. The minimum absolute atomic E-state index is 0.0289. The molecule has 2 N–H and O–H groups in total. The molecule has 1 aliphatic rings. The van der Waals surface area contributed by atoms with Gasteiger partial charge in [0.25, 0.3) is 11.8 Å². The number of likely N-dealkylation sites (tertiary alicyclic amines) is 1. The maximum absolute atomic E-state index is 12.8. The first-order valence-electron chi connectivity index (χ1n) is 9.53. The molecule has 1 aliphatic heterocycles. The van der Waals surface area contributed by atoms with E-state index in [1.807, 2.05) is 18.7 Å². The van der Waals surface area contributed by atoms with Crippen molar-refractivity contribution in [2.75, 3.05) is 13.1 Å². The maximum Gasteiger partial charge on any atom is 0.273 e. The minimum Gasteiger partial charge on any atom is -0.348 e. The van der Waals surface area contributed by atoms with Gasteiger partial charge in [0.2, 0.25) is 0 Å². The fourth-order valence-corrected chi connectivity index (χ4v) is 3.34. The first kappa shape index (κ1) is 19.1. The molecule has 0 aromatic carbocycles. The highest BCUT2D eigenvalue weighted by atomic mass is 16.2. The third kappa shape index (κ3) is 4.35. The highest BCUT2D eigenvalue weighted by Gasteiger charge is 2.27. The van der Waals surface area contributed by atoms with Crippen molar-refractivity contribution >= 4 is 11.8 Å². The number of piperidine rings is 1. The number of aromatic nitrogens is 5. The summed E-state index contributed by atoms with van der Waals surface area (Å²) < 4.78 is 1.75. The summed E-state index contributed by atoms with van der Waals surface area (Å²) in [6, 6.07) is 0.194. The molecule has 9 nitrogen and oxygen atoms in total. The van der Waals surface area contributed by atoms with Crippen molar-refractivity contribution in [3.8, 4) is 0 Å². The molecule has 0 saturated carbocycles. The smallest absolute Gasteiger partial charge is 0.273 e. The van der Waals surface area contributed by atoms with Crippen LogP contribution < -0.4 is 5.32 Å². The molecule has 0 atom stereocenters. The number of carbonyl (C=O) groups excluding carboxylic acids is 2. The first-order chi connectivity index (χ1) is 13.0. The zero-order valence-corrected chi connectivity index (χ0v) is 16.1. The number of aromatic amines is 1. The van der Waals surface area contributed by atoms with Crippen molar-refractivity contribution in [3.05, 3.63) is 29.3 Å².